The quantitative estimate of drug-likeness (QED) is 0.415. The van der Waals surface area contributed by atoms with Crippen molar-refractivity contribution in [3.05, 3.63) is 6.08 Å². The van der Waals surface area contributed by atoms with Crippen molar-refractivity contribution in [2.24, 2.45) is 0 Å². The summed E-state index contributed by atoms with van der Waals surface area (Å²) in [6, 6.07) is 0. The van der Waals surface area contributed by atoms with E-state index in [4.69, 9.17) is 5.41 Å². The maximum Gasteiger partial charge on any atom is 0.00772 e. The van der Waals surface area contributed by atoms with E-state index in [0.29, 0.717) is 0 Å². The molecule has 3 heteroatoms. The molecule has 1 aliphatic heterocycles. The largest absolute Gasteiger partial charge is 0.314 e. The van der Waals surface area contributed by atoms with Crippen molar-refractivity contribution in [2.75, 3.05) is 26.2 Å². The fraction of sp³-hybridized carbons (Fsp3) is 0.714. The molecular weight excluding hydrogens is 126 g/mol. The second kappa shape index (κ2) is 8.37. The van der Waals surface area contributed by atoms with Crippen LogP contribution < -0.4 is 10.6 Å². The fourth-order valence-electron chi connectivity index (χ4n) is 0.604. The first-order valence-electron chi connectivity index (χ1n) is 3.53. The van der Waals surface area contributed by atoms with E-state index in [1.54, 1.807) is 13.0 Å². The molecule has 0 radical (unpaired) electrons. The lowest BCUT2D eigenvalue weighted by molar-refractivity contribution is 0.534. The molecular formula is C7H15N3. The Bertz CT molecular complexity index is 89.9. The van der Waals surface area contributed by atoms with E-state index < -0.39 is 0 Å². The van der Waals surface area contributed by atoms with Gasteiger partial charge in [-0.25, -0.2) is 0 Å². The number of piperazine rings is 1. The number of rotatable bonds is 0. The third-order valence-corrected chi connectivity index (χ3v) is 1.10. The van der Waals surface area contributed by atoms with Gasteiger partial charge in [0.15, 0.2) is 0 Å². The highest BCUT2D eigenvalue weighted by Crippen LogP contribution is 1.65. The van der Waals surface area contributed by atoms with Gasteiger partial charge in [-0.15, -0.1) is 0 Å². The first kappa shape index (κ1) is 9.37. The van der Waals surface area contributed by atoms with Crippen molar-refractivity contribution in [3.8, 4) is 0 Å². The van der Waals surface area contributed by atoms with Gasteiger partial charge in [-0.1, -0.05) is 0 Å². The van der Waals surface area contributed by atoms with Crippen LogP contribution in [-0.2, 0) is 0 Å². The summed E-state index contributed by atoms with van der Waals surface area (Å²) in [6.45, 7) is 6.31. The second-order valence-corrected chi connectivity index (χ2v) is 1.93. The van der Waals surface area contributed by atoms with Gasteiger partial charge in [0, 0.05) is 26.2 Å². The minimum atomic E-state index is 1.14. The van der Waals surface area contributed by atoms with Crippen molar-refractivity contribution in [1.82, 2.24) is 10.6 Å². The summed E-state index contributed by atoms with van der Waals surface area (Å²) in [7, 11) is 0. The molecule has 1 saturated heterocycles. The van der Waals surface area contributed by atoms with E-state index >= 15 is 0 Å². The molecule has 0 atom stereocenters. The van der Waals surface area contributed by atoms with Gasteiger partial charge in [-0.05, 0) is 18.9 Å². The molecule has 1 fully saturated rings. The van der Waals surface area contributed by atoms with E-state index in [1.165, 1.54) is 0 Å². The van der Waals surface area contributed by atoms with Crippen LogP contribution in [0.4, 0.5) is 0 Å². The topological polar surface area (TPSA) is 47.9 Å². The summed E-state index contributed by atoms with van der Waals surface area (Å²) in [5.74, 6) is 2.06. The van der Waals surface area contributed by atoms with Gasteiger partial charge >= 0.3 is 0 Å². The number of nitrogens with one attached hydrogen (secondary N) is 3. The van der Waals surface area contributed by atoms with E-state index in [9.17, 15) is 0 Å². The van der Waals surface area contributed by atoms with Crippen molar-refractivity contribution in [3.63, 3.8) is 0 Å². The number of hydrogen-bond donors (Lipinski definition) is 3. The Kier molecular flexibility index (Phi) is 7.84. The summed E-state index contributed by atoms with van der Waals surface area (Å²) >= 11 is 0. The van der Waals surface area contributed by atoms with Gasteiger partial charge < -0.3 is 10.6 Å². The average Bonchev–Trinajstić information content (AvgIpc) is 2.08. The van der Waals surface area contributed by atoms with Crippen LogP contribution in [0.1, 0.15) is 6.92 Å². The Hall–Kier alpha value is -0.630. The summed E-state index contributed by atoms with van der Waals surface area (Å²) in [4.78, 5) is 0. The zero-order chi connectivity index (χ0) is 7.66. The molecule has 0 unspecified atom stereocenters. The highest BCUT2D eigenvalue weighted by molar-refractivity contribution is 5.45. The number of allylic oxidation sites excluding steroid dienone is 1. The van der Waals surface area contributed by atoms with Crippen LogP contribution >= 0.6 is 0 Å². The van der Waals surface area contributed by atoms with Crippen LogP contribution in [-0.4, -0.2) is 32.0 Å². The lowest BCUT2D eigenvalue weighted by Gasteiger charge is -2.11. The SMILES string of the molecule is C1CNCCN1.CC=C=N. The monoisotopic (exact) mass is 141 g/mol. The maximum absolute atomic E-state index is 6.15. The molecule has 10 heavy (non-hydrogen) atoms. The van der Waals surface area contributed by atoms with E-state index in [-0.39, 0.29) is 0 Å². The van der Waals surface area contributed by atoms with Gasteiger partial charge in [0.05, 0.1) is 0 Å². The standard InChI is InChI=1S/C4H10N2.C3H5N/c1-2-6-4-3-5-1;1-2-3-4/h5-6H,1-4H2;2,4H,1H3. The predicted octanol–water partition coefficient (Wildman–Crippen LogP) is -0.00983. The maximum atomic E-state index is 6.15. The van der Waals surface area contributed by atoms with Crippen LogP contribution in [0.2, 0.25) is 0 Å². The van der Waals surface area contributed by atoms with Crippen LogP contribution in [0.25, 0.3) is 0 Å². The van der Waals surface area contributed by atoms with Gasteiger partial charge in [0.25, 0.3) is 0 Å². The van der Waals surface area contributed by atoms with Crippen molar-refractivity contribution < 1.29 is 0 Å². The average molecular weight is 141 g/mol. The van der Waals surface area contributed by atoms with Crippen molar-refractivity contribution in [1.29, 1.82) is 5.41 Å². The van der Waals surface area contributed by atoms with E-state index in [2.05, 4.69) is 16.5 Å². The molecule has 0 aliphatic carbocycles. The first-order valence-corrected chi connectivity index (χ1v) is 3.53. The second-order valence-electron chi connectivity index (χ2n) is 1.93. The van der Waals surface area contributed by atoms with Crippen molar-refractivity contribution in [2.45, 2.75) is 6.92 Å². The Morgan fingerprint density at radius 2 is 1.50 bits per heavy atom. The smallest absolute Gasteiger partial charge is 0.00772 e. The van der Waals surface area contributed by atoms with Crippen LogP contribution in [0.3, 0.4) is 0 Å². The zero-order valence-corrected chi connectivity index (χ0v) is 6.41. The van der Waals surface area contributed by atoms with Gasteiger partial charge in [0.1, 0.15) is 0 Å². The highest BCUT2D eigenvalue weighted by atomic mass is 15.0. The molecule has 0 aromatic carbocycles. The molecule has 0 bridgehead atoms. The summed E-state index contributed by atoms with van der Waals surface area (Å²) < 4.78 is 0. The lowest BCUT2D eigenvalue weighted by atomic mass is 10.4. The Balaban J connectivity index is 0.000000180. The highest BCUT2D eigenvalue weighted by Gasteiger charge is 1.91. The Morgan fingerprint density at radius 3 is 1.60 bits per heavy atom. The zero-order valence-electron chi connectivity index (χ0n) is 6.41. The molecule has 0 spiro atoms. The van der Waals surface area contributed by atoms with Crippen LogP contribution in [0.5, 0.6) is 0 Å². The summed E-state index contributed by atoms with van der Waals surface area (Å²) in [5, 5.41) is 12.6. The normalized spacial score (nSPS) is 16.1. The van der Waals surface area contributed by atoms with E-state index in [1.807, 2.05) is 0 Å². The van der Waals surface area contributed by atoms with Crippen molar-refractivity contribution >= 4 is 5.87 Å². The predicted molar refractivity (Wildman–Crippen MR) is 43.7 cm³/mol. The van der Waals surface area contributed by atoms with Gasteiger partial charge in [0.2, 0.25) is 0 Å². The van der Waals surface area contributed by atoms with Gasteiger partial charge in [-0.3, -0.25) is 5.41 Å². The molecule has 0 saturated carbocycles. The first-order chi connectivity index (χ1) is 4.91. The molecule has 58 valence electrons. The summed E-state index contributed by atoms with van der Waals surface area (Å²) in [6.07, 6.45) is 1.54. The minimum absolute atomic E-state index is 1.14. The molecule has 1 rings (SSSR count). The molecule has 3 N–H and O–H groups in total. The molecule has 3 nitrogen and oxygen atoms in total. The molecule has 0 aromatic heterocycles. The van der Waals surface area contributed by atoms with E-state index in [0.717, 1.165) is 26.2 Å². The van der Waals surface area contributed by atoms with Crippen LogP contribution in [0.15, 0.2) is 6.08 Å². The Morgan fingerprint density at radius 1 is 1.20 bits per heavy atom. The van der Waals surface area contributed by atoms with Crippen LogP contribution in [0, 0.1) is 5.41 Å². The molecule has 0 aromatic rings. The molecule has 1 aliphatic rings. The fourth-order valence-corrected chi connectivity index (χ4v) is 0.604. The lowest BCUT2D eigenvalue weighted by Crippen LogP contribution is -2.39. The summed E-state index contributed by atoms with van der Waals surface area (Å²) in [5.41, 5.74) is 0. The third kappa shape index (κ3) is 7.37. The van der Waals surface area contributed by atoms with Gasteiger partial charge in [-0.2, -0.15) is 0 Å². The molecule has 1 heterocycles. The number of hydrogen-bond acceptors (Lipinski definition) is 3. The Labute approximate surface area is 62.0 Å². The minimum Gasteiger partial charge on any atom is -0.314 e. The molecule has 0 amide bonds. The third-order valence-electron chi connectivity index (χ3n) is 1.10.